The summed E-state index contributed by atoms with van der Waals surface area (Å²) in [5, 5.41) is 14.6. The van der Waals surface area contributed by atoms with Gasteiger partial charge in [-0.2, -0.15) is 5.26 Å². The minimum absolute atomic E-state index is 0.0622. The summed E-state index contributed by atoms with van der Waals surface area (Å²) in [7, 11) is 0. The number of carbonyl (C=O) groups is 2. The summed E-state index contributed by atoms with van der Waals surface area (Å²) >= 11 is 1.35. The van der Waals surface area contributed by atoms with Gasteiger partial charge in [-0.05, 0) is 16.4 Å². The minimum atomic E-state index is -0.252. The smallest absolute Gasteiger partial charge is 0.225 e. The zero-order valence-electron chi connectivity index (χ0n) is 14.1. The fourth-order valence-electron chi connectivity index (χ4n) is 2.30. The Bertz CT molecular complexity index is 780. The molecule has 0 saturated carbocycles. The molecule has 2 rings (SSSR count). The normalized spacial score (nSPS) is 10.9. The predicted molar refractivity (Wildman–Crippen MR) is 96.4 cm³/mol. The summed E-state index contributed by atoms with van der Waals surface area (Å²) in [6.45, 7) is 6.08. The number of anilines is 1. The molecule has 0 unspecified atom stereocenters. The number of benzene rings is 1. The zero-order chi connectivity index (χ0) is 17.7. The van der Waals surface area contributed by atoms with E-state index in [0.717, 1.165) is 5.56 Å². The summed E-state index contributed by atoms with van der Waals surface area (Å²) in [5.74, 6) is -0.314. The van der Waals surface area contributed by atoms with Gasteiger partial charge < -0.3 is 5.32 Å². The Morgan fingerprint density at radius 2 is 1.83 bits per heavy atom. The number of nitrogens with one attached hydrogen (secondary N) is 1. The van der Waals surface area contributed by atoms with Crippen LogP contribution in [0.4, 0.5) is 5.00 Å². The fraction of sp³-hybridized carbons (Fsp3) is 0.316. The maximum Gasteiger partial charge on any atom is 0.225 e. The molecule has 0 aliphatic rings. The first-order valence-corrected chi connectivity index (χ1v) is 8.61. The Hall–Kier alpha value is -2.45. The molecule has 0 aliphatic heterocycles. The number of hydrogen-bond acceptors (Lipinski definition) is 4. The second-order valence-corrected chi connectivity index (χ2v) is 7.43. The van der Waals surface area contributed by atoms with Crippen LogP contribution in [0.2, 0.25) is 0 Å². The van der Waals surface area contributed by atoms with Crippen LogP contribution < -0.4 is 5.32 Å². The first-order chi connectivity index (χ1) is 11.3. The van der Waals surface area contributed by atoms with Gasteiger partial charge in [0, 0.05) is 18.4 Å². The first-order valence-electron chi connectivity index (χ1n) is 7.73. The second kappa shape index (κ2) is 7.41. The summed E-state index contributed by atoms with van der Waals surface area (Å²) in [6, 6.07) is 11.1. The molecule has 4 nitrogen and oxygen atoms in total. The van der Waals surface area contributed by atoms with Crippen LogP contribution in [0, 0.1) is 11.3 Å². The van der Waals surface area contributed by atoms with Gasteiger partial charge in [0.2, 0.25) is 5.91 Å². The van der Waals surface area contributed by atoms with Crippen molar-refractivity contribution in [2.45, 2.75) is 39.0 Å². The quantitative estimate of drug-likeness (QED) is 0.814. The second-order valence-electron chi connectivity index (χ2n) is 6.55. The van der Waals surface area contributed by atoms with Gasteiger partial charge in [-0.15, -0.1) is 11.3 Å². The fourth-order valence-corrected chi connectivity index (χ4v) is 3.45. The molecule has 1 aromatic carbocycles. The van der Waals surface area contributed by atoms with E-state index in [4.69, 9.17) is 0 Å². The largest absolute Gasteiger partial charge is 0.317 e. The van der Waals surface area contributed by atoms with Gasteiger partial charge in [-0.3, -0.25) is 9.59 Å². The maximum absolute atomic E-state index is 12.1. The van der Waals surface area contributed by atoms with Gasteiger partial charge in [0.1, 0.15) is 11.1 Å². The van der Waals surface area contributed by atoms with Crippen molar-refractivity contribution in [3.05, 3.63) is 52.4 Å². The van der Waals surface area contributed by atoms with E-state index in [1.807, 2.05) is 32.2 Å². The maximum atomic E-state index is 12.1. The molecule has 0 spiro atoms. The highest BCUT2D eigenvalue weighted by molar-refractivity contribution is 7.14. The number of rotatable bonds is 5. The number of ketones is 1. The van der Waals surface area contributed by atoms with E-state index in [9.17, 15) is 14.9 Å². The van der Waals surface area contributed by atoms with Crippen LogP contribution in [0.25, 0.3) is 0 Å². The number of Topliss-reactive ketones (excluding diaryl/α,β-unsaturated/α-hetero) is 1. The Kier molecular flexibility index (Phi) is 5.53. The van der Waals surface area contributed by atoms with Crippen LogP contribution in [-0.4, -0.2) is 11.7 Å². The van der Waals surface area contributed by atoms with Crippen LogP contribution >= 0.6 is 11.3 Å². The van der Waals surface area contributed by atoms with Crippen molar-refractivity contribution in [3.8, 4) is 6.07 Å². The molecule has 1 amide bonds. The molecule has 2 aromatic rings. The number of thiophene rings is 1. The molecule has 124 valence electrons. The lowest BCUT2D eigenvalue weighted by Crippen LogP contribution is -2.15. The van der Waals surface area contributed by atoms with Crippen molar-refractivity contribution in [3.63, 3.8) is 0 Å². The molecule has 0 fully saturated rings. The van der Waals surface area contributed by atoms with Gasteiger partial charge in [0.25, 0.3) is 0 Å². The molecule has 1 heterocycles. The van der Waals surface area contributed by atoms with Gasteiger partial charge >= 0.3 is 0 Å². The van der Waals surface area contributed by atoms with E-state index in [-0.39, 0.29) is 29.9 Å². The van der Waals surface area contributed by atoms with Gasteiger partial charge in [-0.1, -0.05) is 51.1 Å². The average Bonchev–Trinajstić information content (AvgIpc) is 2.96. The third-order valence-electron chi connectivity index (χ3n) is 3.64. The standard InChI is InChI=1S/C19H20N2O2S/c1-19(2,3)15-12-24-18(14(15)11-20)21-17(23)10-9-16(22)13-7-5-4-6-8-13/h4-8,12H,9-10H2,1-3H3,(H,21,23). The summed E-state index contributed by atoms with van der Waals surface area (Å²) in [5.41, 5.74) is 1.88. The highest BCUT2D eigenvalue weighted by Crippen LogP contribution is 2.35. The van der Waals surface area contributed by atoms with Crippen molar-refractivity contribution in [2.24, 2.45) is 0 Å². The molecule has 0 saturated heterocycles. The van der Waals surface area contributed by atoms with Crippen molar-refractivity contribution >= 4 is 28.0 Å². The number of nitrogens with zero attached hydrogens (tertiary/aromatic N) is 1. The third-order valence-corrected chi connectivity index (χ3v) is 4.53. The molecule has 24 heavy (non-hydrogen) atoms. The Morgan fingerprint density at radius 3 is 2.42 bits per heavy atom. The van der Waals surface area contributed by atoms with E-state index >= 15 is 0 Å². The molecule has 0 radical (unpaired) electrons. The Morgan fingerprint density at radius 1 is 1.17 bits per heavy atom. The summed E-state index contributed by atoms with van der Waals surface area (Å²) in [4.78, 5) is 24.1. The van der Waals surface area contributed by atoms with Crippen molar-refractivity contribution in [1.82, 2.24) is 0 Å². The topological polar surface area (TPSA) is 70.0 Å². The van der Waals surface area contributed by atoms with Crippen molar-refractivity contribution in [2.75, 3.05) is 5.32 Å². The minimum Gasteiger partial charge on any atom is -0.317 e. The number of amides is 1. The molecule has 1 N–H and O–H groups in total. The van der Waals surface area contributed by atoms with Crippen LogP contribution in [0.1, 0.15) is 55.1 Å². The van der Waals surface area contributed by atoms with E-state index in [2.05, 4.69) is 11.4 Å². The molecule has 0 atom stereocenters. The molecule has 5 heteroatoms. The Labute approximate surface area is 146 Å². The van der Waals surface area contributed by atoms with E-state index in [1.165, 1.54) is 11.3 Å². The summed E-state index contributed by atoms with van der Waals surface area (Å²) < 4.78 is 0. The van der Waals surface area contributed by atoms with Gasteiger partial charge in [0.15, 0.2) is 5.78 Å². The molecule has 1 aromatic heterocycles. The lowest BCUT2D eigenvalue weighted by Gasteiger charge is -2.17. The molecular weight excluding hydrogens is 320 g/mol. The molecule has 0 aliphatic carbocycles. The number of nitriles is 1. The first kappa shape index (κ1) is 17.9. The van der Waals surface area contributed by atoms with Gasteiger partial charge in [-0.25, -0.2) is 0 Å². The van der Waals surface area contributed by atoms with Crippen molar-refractivity contribution in [1.29, 1.82) is 5.26 Å². The zero-order valence-corrected chi connectivity index (χ0v) is 14.9. The lowest BCUT2D eigenvalue weighted by atomic mass is 9.86. The van der Waals surface area contributed by atoms with E-state index in [1.54, 1.807) is 24.3 Å². The monoisotopic (exact) mass is 340 g/mol. The SMILES string of the molecule is CC(C)(C)c1csc(NC(=O)CCC(=O)c2ccccc2)c1C#N. The van der Waals surface area contributed by atoms with Crippen LogP contribution in [-0.2, 0) is 10.2 Å². The third kappa shape index (κ3) is 4.30. The van der Waals surface area contributed by atoms with Crippen LogP contribution in [0.15, 0.2) is 35.7 Å². The Balaban J connectivity index is 2.00. The average molecular weight is 340 g/mol. The lowest BCUT2D eigenvalue weighted by molar-refractivity contribution is -0.116. The van der Waals surface area contributed by atoms with E-state index < -0.39 is 0 Å². The van der Waals surface area contributed by atoms with Crippen LogP contribution in [0.3, 0.4) is 0 Å². The number of carbonyl (C=O) groups excluding carboxylic acids is 2. The predicted octanol–water partition coefficient (Wildman–Crippen LogP) is 4.52. The molecular formula is C19H20N2O2S. The highest BCUT2D eigenvalue weighted by Gasteiger charge is 2.23. The summed E-state index contributed by atoms with van der Waals surface area (Å²) in [6.07, 6.45) is 0.247. The molecule has 0 bridgehead atoms. The van der Waals surface area contributed by atoms with Gasteiger partial charge in [0.05, 0.1) is 5.56 Å². The van der Waals surface area contributed by atoms with Crippen molar-refractivity contribution < 1.29 is 9.59 Å². The van der Waals surface area contributed by atoms with Crippen LogP contribution in [0.5, 0.6) is 0 Å². The van der Waals surface area contributed by atoms with E-state index in [0.29, 0.717) is 16.1 Å². The number of hydrogen-bond donors (Lipinski definition) is 1. The highest BCUT2D eigenvalue weighted by atomic mass is 32.1.